The van der Waals surface area contributed by atoms with Crippen molar-refractivity contribution in [2.75, 3.05) is 6.61 Å². The molecule has 0 radical (unpaired) electrons. The first-order valence-corrected chi connectivity index (χ1v) is 10.1. The summed E-state index contributed by atoms with van der Waals surface area (Å²) in [7, 11) is 0. The molecule has 1 aliphatic rings. The van der Waals surface area contributed by atoms with Crippen LogP contribution in [0, 0.1) is 11.8 Å². The van der Waals surface area contributed by atoms with Gasteiger partial charge in [0.05, 0.1) is 13.0 Å². The number of aryl methyl sites for hydroxylation is 1. The Labute approximate surface area is 167 Å². The van der Waals surface area contributed by atoms with Gasteiger partial charge in [-0.1, -0.05) is 44.7 Å². The Morgan fingerprint density at radius 2 is 1.82 bits per heavy atom. The molecule has 3 nitrogen and oxygen atoms in total. The van der Waals surface area contributed by atoms with Crippen LogP contribution in [0.5, 0.6) is 5.75 Å². The molecule has 3 heteroatoms. The number of rotatable bonds is 5. The van der Waals surface area contributed by atoms with Gasteiger partial charge in [-0.15, -0.1) is 0 Å². The van der Waals surface area contributed by atoms with Crippen LogP contribution < -0.4 is 4.74 Å². The van der Waals surface area contributed by atoms with E-state index in [-0.39, 0.29) is 11.8 Å². The summed E-state index contributed by atoms with van der Waals surface area (Å²) in [6.45, 7) is 7.45. The van der Waals surface area contributed by atoms with Gasteiger partial charge in [0.15, 0.2) is 0 Å². The van der Waals surface area contributed by atoms with Crippen molar-refractivity contribution in [3.8, 4) is 17.6 Å². The molecule has 2 aromatic rings. The molecule has 0 aliphatic carbocycles. The molecule has 0 spiro atoms. The summed E-state index contributed by atoms with van der Waals surface area (Å²) in [5.74, 6) is 6.81. The minimum atomic E-state index is -0.821. The highest BCUT2D eigenvalue weighted by molar-refractivity contribution is 5.70. The van der Waals surface area contributed by atoms with Crippen LogP contribution in [-0.4, -0.2) is 17.7 Å². The number of ether oxygens (including phenoxy) is 1. The van der Waals surface area contributed by atoms with Crippen molar-refractivity contribution in [1.82, 2.24) is 0 Å². The molecule has 28 heavy (non-hydrogen) atoms. The van der Waals surface area contributed by atoms with Crippen LogP contribution in [0.2, 0.25) is 0 Å². The quantitative estimate of drug-likeness (QED) is 0.737. The summed E-state index contributed by atoms with van der Waals surface area (Å²) in [6, 6.07) is 11.9. The number of carboxylic acids is 1. The first-order valence-electron chi connectivity index (χ1n) is 10.1. The van der Waals surface area contributed by atoms with Crippen LogP contribution in [0.1, 0.15) is 67.9 Å². The minimum absolute atomic E-state index is 0.0363. The highest BCUT2D eigenvalue weighted by Gasteiger charge is 2.35. The molecule has 0 saturated carbocycles. The zero-order chi connectivity index (χ0) is 20.1. The van der Waals surface area contributed by atoms with Gasteiger partial charge in [0.1, 0.15) is 5.75 Å². The van der Waals surface area contributed by atoms with Gasteiger partial charge in [0, 0.05) is 22.1 Å². The van der Waals surface area contributed by atoms with Crippen molar-refractivity contribution in [2.24, 2.45) is 0 Å². The van der Waals surface area contributed by atoms with Crippen LogP contribution in [0.25, 0.3) is 0 Å². The van der Waals surface area contributed by atoms with E-state index in [2.05, 4.69) is 44.7 Å². The van der Waals surface area contributed by atoms with Gasteiger partial charge in [-0.25, -0.2) is 0 Å². The molecule has 0 aromatic heterocycles. The molecule has 0 bridgehead atoms. The third-order valence-electron chi connectivity index (χ3n) is 6.00. The maximum atomic E-state index is 10.8. The van der Waals surface area contributed by atoms with E-state index in [0.29, 0.717) is 0 Å². The molecule has 146 valence electrons. The first kappa shape index (κ1) is 20.0. The van der Waals surface area contributed by atoms with Crippen molar-refractivity contribution >= 4 is 5.97 Å². The van der Waals surface area contributed by atoms with Crippen molar-refractivity contribution in [3.05, 3.63) is 64.2 Å². The fourth-order valence-electron chi connectivity index (χ4n) is 4.06. The van der Waals surface area contributed by atoms with Crippen LogP contribution in [-0.2, 0) is 23.1 Å². The first-order chi connectivity index (χ1) is 13.5. The fraction of sp³-hybridized carbons (Fsp3) is 0.400. The number of fused-ring (bicyclic) bond motifs is 1. The number of carboxylic acid groups (broad SMARTS) is 1. The Balaban J connectivity index is 1.97. The Bertz CT molecular complexity index is 909. The van der Waals surface area contributed by atoms with E-state index in [1.165, 1.54) is 11.1 Å². The molecule has 3 rings (SSSR count). The summed E-state index contributed by atoms with van der Waals surface area (Å²) >= 11 is 0. The molecule has 0 atom stereocenters. The summed E-state index contributed by atoms with van der Waals surface area (Å²) in [5.41, 5.74) is 5.41. The third kappa shape index (κ3) is 4.07. The predicted molar refractivity (Wildman–Crippen MR) is 112 cm³/mol. The Hall–Kier alpha value is -2.73. The topological polar surface area (TPSA) is 46.5 Å². The van der Waals surface area contributed by atoms with Gasteiger partial charge in [-0.05, 0) is 61.1 Å². The molecule has 2 aromatic carbocycles. The zero-order valence-electron chi connectivity index (χ0n) is 17.0. The molecule has 0 saturated heterocycles. The van der Waals surface area contributed by atoms with Crippen LogP contribution in [0.3, 0.4) is 0 Å². The second kappa shape index (κ2) is 8.52. The second-order valence-corrected chi connectivity index (χ2v) is 7.46. The molecule has 1 heterocycles. The maximum absolute atomic E-state index is 10.8. The Morgan fingerprint density at radius 1 is 1.11 bits per heavy atom. The number of carbonyl (C=O) groups is 1. The van der Waals surface area contributed by atoms with E-state index in [4.69, 9.17) is 9.84 Å². The van der Waals surface area contributed by atoms with Crippen LogP contribution in [0.15, 0.2) is 36.4 Å². The van der Waals surface area contributed by atoms with Crippen LogP contribution in [0.4, 0.5) is 0 Å². The van der Waals surface area contributed by atoms with Gasteiger partial charge >= 0.3 is 5.97 Å². The number of aliphatic carboxylic acids is 1. The van der Waals surface area contributed by atoms with E-state index < -0.39 is 5.97 Å². The zero-order valence-corrected chi connectivity index (χ0v) is 17.0. The number of benzene rings is 2. The van der Waals surface area contributed by atoms with Crippen molar-refractivity contribution in [1.29, 1.82) is 0 Å². The predicted octanol–water partition coefficient (Wildman–Crippen LogP) is 5.12. The minimum Gasteiger partial charge on any atom is -0.493 e. The van der Waals surface area contributed by atoms with Gasteiger partial charge < -0.3 is 9.84 Å². The average molecular weight is 376 g/mol. The molecule has 1 aliphatic heterocycles. The molecule has 0 amide bonds. The summed E-state index contributed by atoms with van der Waals surface area (Å²) < 4.78 is 5.99. The van der Waals surface area contributed by atoms with Crippen LogP contribution >= 0.6 is 0 Å². The molecule has 1 N–H and O–H groups in total. The monoisotopic (exact) mass is 376 g/mol. The van der Waals surface area contributed by atoms with Gasteiger partial charge in [-0.3, -0.25) is 4.79 Å². The molecular formula is C25H28O3. The van der Waals surface area contributed by atoms with Crippen molar-refractivity contribution in [2.45, 2.75) is 58.3 Å². The van der Waals surface area contributed by atoms with E-state index in [1.54, 1.807) is 0 Å². The van der Waals surface area contributed by atoms with Crippen molar-refractivity contribution < 1.29 is 14.6 Å². The summed E-state index contributed by atoms with van der Waals surface area (Å²) in [5, 5.41) is 8.89. The van der Waals surface area contributed by atoms with E-state index in [1.807, 2.05) is 24.3 Å². The Morgan fingerprint density at radius 3 is 2.43 bits per heavy atom. The number of hydrogen-bond acceptors (Lipinski definition) is 2. The normalized spacial score (nSPS) is 14.4. The highest BCUT2D eigenvalue weighted by atomic mass is 16.5. The standard InChI is InChI=1S/C25H28O3/c1-4-20-17-23-22(25(5-2,6-3)13-14-28-23)16-21(20)12-11-18-7-9-19(10-8-18)15-24(26)27/h7-10,16-17H,4-6,13-15H2,1-3H3,(H,26,27). The second-order valence-electron chi connectivity index (χ2n) is 7.46. The third-order valence-corrected chi connectivity index (χ3v) is 6.00. The lowest BCUT2D eigenvalue weighted by Crippen LogP contribution is -2.32. The number of hydrogen-bond donors (Lipinski definition) is 1. The van der Waals surface area contributed by atoms with Gasteiger partial charge in [0.25, 0.3) is 0 Å². The van der Waals surface area contributed by atoms with E-state index in [0.717, 1.165) is 54.7 Å². The fourth-order valence-corrected chi connectivity index (χ4v) is 4.06. The summed E-state index contributed by atoms with van der Waals surface area (Å²) in [4.78, 5) is 10.8. The summed E-state index contributed by atoms with van der Waals surface area (Å²) in [6.07, 6.45) is 4.20. The highest BCUT2D eigenvalue weighted by Crippen LogP contribution is 2.44. The van der Waals surface area contributed by atoms with E-state index >= 15 is 0 Å². The Kier molecular flexibility index (Phi) is 6.09. The van der Waals surface area contributed by atoms with Crippen molar-refractivity contribution in [3.63, 3.8) is 0 Å². The molecule has 0 unspecified atom stereocenters. The van der Waals surface area contributed by atoms with E-state index in [9.17, 15) is 4.79 Å². The average Bonchev–Trinajstić information content (AvgIpc) is 2.71. The maximum Gasteiger partial charge on any atom is 0.307 e. The van der Waals surface area contributed by atoms with Gasteiger partial charge in [-0.2, -0.15) is 0 Å². The van der Waals surface area contributed by atoms with Gasteiger partial charge in [0.2, 0.25) is 0 Å². The molecule has 0 fully saturated rings. The SMILES string of the molecule is CCc1cc2c(cc1C#Cc1ccc(CC(=O)O)cc1)C(CC)(CC)CCO2. The largest absolute Gasteiger partial charge is 0.493 e. The lowest BCUT2D eigenvalue weighted by atomic mass is 9.71. The smallest absolute Gasteiger partial charge is 0.307 e. The lowest BCUT2D eigenvalue weighted by molar-refractivity contribution is -0.136. The molecular weight excluding hydrogens is 348 g/mol. The lowest BCUT2D eigenvalue weighted by Gasteiger charge is -2.38.